The molecule has 1 aliphatic rings. The van der Waals surface area contributed by atoms with Crippen LogP contribution in [0.1, 0.15) is 32.6 Å². The van der Waals surface area contributed by atoms with Crippen molar-refractivity contribution in [2.45, 2.75) is 38.1 Å². The van der Waals surface area contributed by atoms with Crippen LogP contribution >= 0.6 is 0 Å². The van der Waals surface area contributed by atoms with Gasteiger partial charge in [-0.2, -0.15) is 0 Å². The topological polar surface area (TPSA) is 69.4 Å². The SMILES string of the molecule is CCCS(=O)(=O)CCC1(N)CCOCC1. The van der Waals surface area contributed by atoms with Crippen molar-refractivity contribution in [3.8, 4) is 0 Å². The van der Waals surface area contributed by atoms with Crippen LogP contribution < -0.4 is 5.73 Å². The van der Waals surface area contributed by atoms with Gasteiger partial charge < -0.3 is 10.5 Å². The van der Waals surface area contributed by atoms with E-state index in [-0.39, 0.29) is 17.0 Å². The highest BCUT2D eigenvalue weighted by Gasteiger charge is 2.29. The van der Waals surface area contributed by atoms with Crippen LogP contribution in [0.3, 0.4) is 0 Å². The van der Waals surface area contributed by atoms with E-state index in [0.29, 0.717) is 26.1 Å². The molecule has 5 heteroatoms. The lowest BCUT2D eigenvalue weighted by Crippen LogP contribution is -2.46. The molecule has 0 aromatic carbocycles. The zero-order chi connectivity index (χ0) is 11.4. The van der Waals surface area contributed by atoms with Crippen LogP contribution in [-0.4, -0.2) is 38.7 Å². The van der Waals surface area contributed by atoms with Crippen LogP contribution in [0, 0.1) is 0 Å². The number of ether oxygens (including phenoxy) is 1. The number of hydrogen-bond donors (Lipinski definition) is 1. The Bertz CT molecular complexity index is 281. The molecule has 15 heavy (non-hydrogen) atoms. The first kappa shape index (κ1) is 12.9. The highest BCUT2D eigenvalue weighted by atomic mass is 32.2. The summed E-state index contributed by atoms with van der Waals surface area (Å²) in [6, 6.07) is 0. The maximum atomic E-state index is 11.5. The summed E-state index contributed by atoms with van der Waals surface area (Å²) in [5.41, 5.74) is 5.80. The predicted octanol–water partition coefficient (Wildman–Crippen LogP) is 0.709. The highest BCUT2D eigenvalue weighted by molar-refractivity contribution is 7.91. The summed E-state index contributed by atoms with van der Waals surface area (Å²) in [7, 11) is -2.89. The fourth-order valence-electron chi connectivity index (χ4n) is 1.80. The molecule has 0 unspecified atom stereocenters. The smallest absolute Gasteiger partial charge is 0.150 e. The Balaban J connectivity index is 2.41. The maximum Gasteiger partial charge on any atom is 0.150 e. The van der Waals surface area contributed by atoms with E-state index in [0.717, 1.165) is 12.8 Å². The fraction of sp³-hybridized carbons (Fsp3) is 1.00. The van der Waals surface area contributed by atoms with Gasteiger partial charge >= 0.3 is 0 Å². The minimum atomic E-state index is -2.89. The zero-order valence-corrected chi connectivity index (χ0v) is 10.2. The van der Waals surface area contributed by atoms with Crippen molar-refractivity contribution in [1.82, 2.24) is 0 Å². The van der Waals surface area contributed by atoms with E-state index < -0.39 is 9.84 Å². The third-order valence-electron chi connectivity index (χ3n) is 2.91. The van der Waals surface area contributed by atoms with Crippen molar-refractivity contribution in [1.29, 1.82) is 0 Å². The number of hydrogen-bond acceptors (Lipinski definition) is 4. The number of nitrogens with two attached hydrogens (primary N) is 1. The summed E-state index contributed by atoms with van der Waals surface area (Å²) < 4.78 is 28.3. The average Bonchev–Trinajstić information content (AvgIpc) is 2.17. The molecule has 0 bridgehead atoms. The Morgan fingerprint density at radius 3 is 2.40 bits per heavy atom. The number of rotatable bonds is 5. The van der Waals surface area contributed by atoms with Gasteiger partial charge in [-0.25, -0.2) is 8.42 Å². The molecule has 0 radical (unpaired) electrons. The molecular weight excluding hydrogens is 214 g/mol. The first-order valence-corrected chi connectivity index (χ1v) is 7.37. The summed E-state index contributed by atoms with van der Waals surface area (Å²) in [6.07, 6.45) is 2.80. The van der Waals surface area contributed by atoms with Crippen molar-refractivity contribution in [3.05, 3.63) is 0 Å². The summed E-state index contributed by atoms with van der Waals surface area (Å²) in [6.45, 7) is 3.19. The molecular formula is C10H21NO3S. The molecule has 0 amide bonds. The molecule has 0 aliphatic carbocycles. The van der Waals surface area contributed by atoms with Gasteiger partial charge in [-0.3, -0.25) is 0 Å². The van der Waals surface area contributed by atoms with E-state index in [1.807, 2.05) is 6.92 Å². The molecule has 1 saturated heterocycles. The molecule has 0 aromatic rings. The molecule has 2 N–H and O–H groups in total. The van der Waals surface area contributed by atoms with Gasteiger partial charge in [-0.1, -0.05) is 6.92 Å². The van der Waals surface area contributed by atoms with Crippen molar-refractivity contribution in [2.75, 3.05) is 24.7 Å². The molecule has 0 saturated carbocycles. The molecule has 4 nitrogen and oxygen atoms in total. The Morgan fingerprint density at radius 1 is 1.27 bits per heavy atom. The van der Waals surface area contributed by atoms with Crippen LogP contribution in [0.15, 0.2) is 0 Å². The summed E-state index contributed by atoms with van der Waals surface area (Å²) in [5, 5.41) is 0. The van der Waals surface area contributed by atoms with Crippen molar-refractivity contribution in [2.24, 2.45) is 5.73 Å². The Hall–Kier alpha value is -0.130. The summed E-state index contributed by atoms with van der Waals surface area (Å²) in [4.78, 5) is 0. The normalized spacial score (nSPS) is 21.5. The summed E-state index contributed by atoms with van der Waals surface area (Å²) in [5.74, 6) is 0.497. The second kappa shape index (κ2) is 5.27. The largest absolute Gasteiger partial charge is 0.381 e. The van der Waals surface area contributed by atoms with Crippen LogP contribution in [0.2, 0.25) is 0 Å². The molecule has 1 heterocycles. The van der Waals surface area contributed by atoms with Gasteiger partial charge in [0.05, 0.1) is 5.75 Å². The van der Waals surface area contributed by atoms with Crippen molar-refractivity contribution in [3.63, 3.8) is 0 Å². The van der Waals surface area contributed by atoms with Gasteiger partial charge in [-0.15, -0.1) is 0 Å². The van der Waals surface area contributed by atoms with E-state index in [2.05, 4.69) is 0 Å². The predicted molar refractivity (Wildman–Crippen MR) is 60.5 cm³/mol. The van der Waals surface area contributed by atoms with E-state index >= 15 is 0 Å². The third-order valence-corrected chi connectivity index (χ3v) is 4.77. The van der Waals surface area contributed by atoms with Gasteiger partial charge in [0.1, 0.15) is 9.84 Å². The maximum absolute atomic E-state index is 11.5. The van der Waals surface area contributed by atoms with Gasteiger partial charge in [0, 0.05) is 24.5 Å². The van der Waals surface area contributed by atoms with Gasteiger partial charge in [0.25, 0.3) is 0 Å². The van der Waals surface area contributed by atoms with Crippen LogP contribution in [0.5, 0.6) is 0 Å². The van der Waals surface area contributed by atoms with Crippen LogP contribution in [0.25, 0.3) is 0 Å². The summed E-state index contributed by atoms with van der Waals surface area (Å²) >= 11 is 0. The second-order valence-corrected chi connectivity index (χ2v) is 6.68. The molecule has 1 fully saturated rings. The monoisotopic (exact) mass is 235 g/mol. The standard InChI is InChI=1S/C10H21NO3S/c1-2-8-15(12,13)9-5-10(11)3-6-14-7-4-10/h2-9,11H2,1H3. The Morgan fingerprint density at radius 2 is 1.87 bits per heavy atom. The van der Waals surface area contributed by atoms with E-state index in [1.54, 1.807) is 0 Å². The lowest BCUT2D eigenvalue weighted by atomic mass is 9.89. The lowest BCUT2D eigenvalue weighted by molar-refractivity contribution is 0.0522. The first-order chi connectivity index (χ1) is 6.97. The minimum Gasteiger partial charge on any atom is -0.381 e. The lowest BCUT2D eigenvalue weighted by Gasteiger charge is -2.33. The molecule has 0 aromatic heterocycles. The zero-order valence-electron chi connectivity index (χ0n) is 9.37. The van der Waals surface area contributed by atoms with Gasteiger partial charge in [-0.05, 0) is 25.7 Å². The molecule has 1 aliphatic heterocycles. The van der Waals surface area contributed by atoms with E-state index in [4.69, 9.17) is 10.5 Å². The van der Waals surface area contributed by atoms with Crippen LogP contribution in [0.4, 0.5) is 0 Å². The Kier molecular flexibility index (Phi) is 4.55. The molecule has 90 valence electrons. The van der Waals surface area contributed by atoms with Crippen molar-refractivity contribution >= 4 is 9.84 Å². The Labute approximate surface area is 92.1 Å². The van der Waals surface area contributed by atoms with Crippen molar-refractivity contribution < 1.29 is 13.2 Å². The minimum absolute atomic E-state index is 0.220. The van der Waals surface area contributed by atoms with E-state index in [1.165, 1.54) is 0 Å². The van der Waals surface area contributed by atoms with Crippen LogP contribution in [-0.2, 0) is 14.6 Å². The average molecular weight is 235 g/mol. The molecule has 1 rings (SSSR count). The first-order valence-electron chi connectivity index (χ1n) is 5.54. The van der Waals surface area contributed by atoms with Gasteiger partial charge in [0.15, 0.2) is 0 Å². The highest BCUT2D eigenvalue weighted by Crippen LogP contribution is 2.22. The van der Waals surface area contributed by atoms with E-state index in [9.17, 15) is 8.42 Å². The second-order valence-electron chi connectivity index (χ2n) is 4.38. The quantitative estimate of drug-likeness (QED) is 0.762. The number of sulfone groups is 1. The van der Waals surface area contributed by atoms with Gasteiger partial charge in [0.2, 0.25) is 0 Å². The fourth-order valence-corrected chi connectivity index (χ4v) is 3.34. The third kappa shape index (κ3) is 4.49. The molecule has 0 spiro atoms. The molecule has 0 atom stereocenters.